The van der Waals surface area contributed by atoms with Gasteiger partial charge in [-0.25, -0.2) is 0 Å². The molecule has 0 fully saturated rings. The maximum Gasteiger partial charge on any atom is -0.0108 e. The molecule has 1 aromatic carbocycles. The van der Waals surface area contributed by atoms with Gasteiger partial charge in [-0.2, -0.15) is 0 Å². The lowest BCUT2D eigenvalue weighted by Gasteiger charge is -2.36. The van der Waals surface area contributed by atoms with Crippen molar-refractivity contribution in [3.63, 3.8) is 0 Å². The van der Waals surface area contributed by atoms with Crippen LogP contribution >= 0.6 is 0 Å². The SMILES string of the molecule is CC.CC(C)(C)CC(c1ccc(C(C)(C)C)cc1)C(C)(C)C. The van der Waals surface area contributed by atoms with Crippen LogP contribution in [-0.2, 0) is 5.41 Å². The van der Waals surface area contributed by atoms with Crippen LogP contribution in [0.2, 0.25) is 0 Å². The monoisotopic (exact) mass is 304 g/mol. The molecule has 22 heavy (non-hydrogen) atoms. The molecule has 0 bridgehead atoms. The Morgan fingerprint density at radius 1 is 0.727 bits per heavy atom. The van der Waals surface area contributed by atoms with Gasteiger partial charge in [0.1, 0.15) is 0 Å². The summed E-state index contributed by atoms with van der Waals surface area (Å²) in [5.74, 6) is 0.608. The molecular formula is C22H40. The molecule has 0 aliphatic rings. The van der Waals surface area contributed by atoms with Crippen LogP contribution < -0.4 is 0 Å². The molecule has 0 heterocycles. The first kappa shape index (κ1) is 21.2. The van der Waals surface area contributed by atoms with E-state index in [1.807, 2.05) is 13.8 Å². The van der Waals surface area contributed by atoms with Crippen LogP contribution in [0, 0.1) is 10.8 Å². The van der Waals surface area contributed by atoms with Gasteiger partial charge in [-0.15, -0.1) is 0 Å². The lowest BCUT2D eigenvalue weighted by atomic mass is 9.69. The maximum absolute atomic E-state index is 2.36. The first-order chi connectivity index (χ1) is 9.81. The van der Waals surface area contributed by atoms with E-state index in [9.17, 15) is 0 Å². The fraction of sp³-hybridized carbons (Fsp3) is 0.727. The number of hydrogen-bond acceptors (Lipinski definition) is 0. The quantitative estimate of drug-likeness (QED) is 0.528. The van der Waals surface area contributed by atoms with Gasteiger partial charge in [0.15, 0.2) is 0 Å². The third-order valence-corrected chi connectivity index (χ3v) is 4.04. The molecule has 0 N–H and O–H groups in total. The van der Waals surface area contributed by atoms with Crippen LogP contribution in [0.5, 0.6) is 0 Å². The first-order valence-corrected chi connectivity index (χ1v) is 8.91. The molecule has 0 heteroatoms. The fourth-order valence-corrected chi connectivity index (χ4v) is 2.75. The highest BCUT2D eigenvalue weighted by molar-refractivity contribution is 5.30. The highest BCUT2D eigenvalue weighted by atomic mass is 14.3. The Labute approximate surface area is 140 Å². The van der Waals surface area contributed by atoms with E-state index in [2.05, 4.69) is 86.6 Å². The number of benzene rings is 1. The van der Waals surface area contributed by atoms with Gasteiger partial charge in [0.25, 0.3) is 0 Å². The molecule has 0 radical (unpaired) electrons. The summed E-state index contributed by atoms with van der Waals surface area (Å²) in [7, 11) is 0. The fourth-order valence-electron chi connectivity index (χ4n) is 2.75. The topological polar surface area (TPSA) is 0 Å². The molecule has 0 spiro atoms. The second kappa shape index (κ2) is 7.66. The Balaban J connectivity index is 0.00000211. The van der Waals surface area contributed by atoms with E-state index in [0.717, 1.165) is 0 Å². The highest BCUT2D eigenvalue weighted by Crippen LogP contribution is 2.43. The first-order valence-electron chi connectivity index (χ1n) is 8.91. The Hall–Kier alpha value is -0.780. The van der Waals surface area contributed by atoms with Gasteiger partial charge in [-0.1, -0.05) is 100 Å². The average molecular weight is 305 g/mol. The van der Waals surface area contributed by atoms with Crippen molar-refractivity contribution >= 4 is 0 Å². The van der Waals surface area contributed by atoms with E-state index in [1.165, 1.54) is 17.5 Å². The van der Waals surface area contributed by atoms with Crippen molar-refractivity contribution in [1.82, 2.24) is 0 Å². The lowest BCUT2D eigenvalue weighted by Crippen LogP contribution is -2.24. The summed E-state index contributed by atoms with van der Waals surface area (Å²) in [4.78, 5) is 0. The van der Waals surface area contributed by atoms with Crippen LogP contribution in [0.3, 0.4) is 0 Å². The smallest absolute Gasteiger partial charge is 0.0108 e. The Morgan fingerprint density at radius 2 is 1.14 bits per heavy atom. The Kier molecular flexibility index (Phi) is 7.39. The van der Waals surface area contributed by atoms with E-state index in [0.29, 0.717) is 16.7 Å². The Morgan fingerprint density at radius 3 is 1.41 bits per heavy atom. The van der Waals surface area contributed by atoms with E-state index in [-0.39, 0.29) is 5.41 Å². The van der Waals surface area contributed by atoms with E-state index >= 15 is 0 Å². The van der Waals surface area contributed by atoms with Crippen molar-refractivity contribution in [2.75, 3.05) is 0 Å². The summed E-state index contributed by atoms with van der Waals surface area (Å²) in [6.45, 7) is 24.9. The zero-order valence-corrected chi connectivity index (χ0v) is 17.1. The van der Waals surface area contributed by atoms with Gasteiger partial charge in [0, 0.05) is 0 Å². The molecule has 128 valence electrons. The minimum Gasteiger partial charge on any atom is -0.0683 e. The van der Waals surface area contributed by atoms with Crippen molar-refractivity contribution in [1.29, 1.82) is 0 Å². The van der Waals surface area contributed by atoms with Crippen LogP contribution in [-0.4, -0.2) is 0 Å². The van der Waals surface area contributed by atoms with Gasteiger partial charge in [-0.3, -0.25) is 0 Å². The van der Waals surface area contributed by atoms with Crippen molar-refractivity contribution in [3.05, 3.63) is 35.4 Å². The molecule has 0 amide bonds. The summed E-state index contributed by atoms with van der Waals surface area (Å²) < 4.78 is 0. The molecule has 0 aliphatic heterocycles. The summed E-state index contributed by atoms with van der Waals surface area (Å²) in [6.07, 6.45) is 1.23. The van der Waals surface area contributed by atoms with Crippen molar-refractivity contribution in [2.24, 2.45) is 10.8 Å². The summed E-state index contributed by atoms with van der Waals surface area (Å²) in [5, 5.41) is 0. The molecule has 1 aromatic rings. The van der Waals surface area contributed by atoms with Gasteiger partial charge in [0.2, 0.25) is 0 Å². The van der Waals surface area contributed by atoms with Crippen LogP contribution in [0.15, 0.2) is 24.3 Å². The van der Waals surface area contributed by atoms with Gasteiger partial charge in [0.05, 0.1) is 0 Å². The highest BCUT2D eigenvalue weighted by Gasteiger charge is 2.30. The summed E-state index contributed by atoms with van der Waals surface area (Å²) >= 11 is 0. The molecule has 0 saturated heterocycles. The second-order valence-electron chi connectivity index (χ2n) is 9.56. The molecule has 1 atom stereocenters. The van der Waals surface area contributed by atoms with Crippen LogP contribution in [0.25, 0.3) is 0 Å². The van der Waals surface area contributed by atoms with Gasteiger partial charge in [-0.05, 0) is 39.7 Å². The molecule has 0 aliphatic carbocycles. The predicted molar refractivity (Wildman–Crippen MR) is 103 cm³/mol. The summed E-state index contributed by atoms with van der Waals surface area (Å²) in [6, 6.07) is 9.33. The van der Waals surface area contributed by atoms with Crippen molar-refractivity contribution in [2.45, 2.75) is 93.9 Å². The van der Waals surface area contributed by atoms with Crippen molar-refractivity contribution in [3.8, 4) is 0 Å². The summed E-state index contributed by atoms with van der Waals surface area (Å²) in [5.41, 5.74) is 3.81. The van der Waals surface area contributed by atoms with Crippen LogP contribution in [0.1, 0.15) is 99.6 Å². The average Bonchev–Trinajstić information content (AvgIpc) is 2.35. The molecule has 0 nitrogen and oxygen atoms in total. The van der Waals surface area contributed by atoms with Crippen molar-refractivity contribution < 1.29 is 0 Å². The molecule has 1 rings (SSSR count). The largest absolute Gasteiger partial charge is 0.0683 e. The van der Waals surface area contributed by atoms with Gasteiger partial charge >= 0.3 is 0 Å². The molecule has 0 aromatic heterocycles. The molecule has 0 saturated carbocycles. The van der Waals surface area contributed by atoms with Crippen LogP contribution in [0.4, 0.5) is 0 Å². The lowest BCUT2D eigenvalue weighted by molar-refractivity contribution is 0.229. The third-order valence-electron chi connectivity index (χ3n) is 4.04. The molecule has 1 unspecified atom stereocenters. The van der Waals surface area contributed by atoms with E-state index < -0.39 is 0 Å². The van der Waals surface area contributed by atoms with E-state index in [4.69, 9.17) is 0 Å². The van der Waals surface area contributed by atoms with E-state index in [1.54, 1.807) is 0 Å². The Bertz CT molecular complexity index is 415. The maximum atomic E-state index is 2.36. The normalized spacial score (nSPS) is 14.1. The molecular weight excluding hydrogens is 264 g/mol. The minimum absolute atomic E-state index is 0.236. The van der Waals surface area contributed by atoms with Gasteiger partial charge < -0.3 is 0 Å². The predicted octanol–water partition coefficient (Wildman–Crippen LogP) is 7.58. The minimum atomic E-state index is 0.236. The standard InChI is InChI=1S/C20H34.C2H6/c1-18(2,3)14-17(20(7,8)9)15-10-12-16(13-11-15)19(4,5)6;1-2/h10-13,17H,14H2,1-9H3;1-2H3. The zero-order valence-electron chi connectivity index (χ0n) is 17.1. The number of hydrogen-bond donors (Lipinski definition) is 0. The second-order valence-corrected chi connectivity index (χ2v) is 9.56. The zero-order chi connectivity index (χ0) is 17.8. The third kappa shape index (κ3) is 6.99. The number of rotatable bonds is 2.